The van der Waals surface area contributed by atoms with Crippen molar-refractivity contribution in [3.63, 3.8) is 0 Å². The largest absolute Gasteiger partial charge is 0.415 e. The highest BCUT2D eigenvalue weighted by Gasteiger charge is 2.26. The minimum atomic E-state index is -0.453. The fraction of sp³-hybridized carbons (Fsp3) is 0.150. The number of para-hydroxylation sites is 1. The summed E-state index contributed by atoms with van der Waals surface area (Å²) in [4.78, 5) is 22.6. The number of pyridine rings is 2. The molecule has 0 fully saturated rings. The lowest BCUT2D eigenvalue weighted by Gasteiger charge is -2.15. The average molecular weight is 374 g/mol. The smallest absolute Gasteiger partial charge is 0.408 e. The van der Waals surface area contributed by atoms with E-state index in [1.165, 1.54) is 0 Å². The zero-order valence-corrected chi connectivity index (χ0v) is 15.2. The van der Waals surface area contributed by atoms with Crippen molar-refractivity contribution in [3.05, 3.63) is 71.7 Å². The molecule has 8 nitrogen and oxygen atoms in total. The number of rotatable bonds is 3. The summed E-state index contributed by atoms with van der Waals surface area (Å²) in [7, 11) is 0. The third-order valence-electron chi connectivity index (χ3n) is 4.35. The maximum atomic E-state index is 12.6. The number of aromatic nitrogens is 2. The third kappa shape index (κ3) is 3.66. The number of aryl methyl sites for hydroxylation is 1. The molecular weight excluding hydrogens is 356 g/mol. The number of carbonyl (C=O) groups excluding carboxylic acids is 1. The topological polar surface area (TPSA) is 106 Å². The van der Waals surface area contributed by atoms with Crippen molar-refractivity contribution in [2.75, 3.05) is 5.73 Å². The highest BCUT2D eigenvalue weighted by molar-refractivity contribution is 5.73. The molecule has 2 N–H and O–H groups in total. The second-order valence-electron chi connectivity index (χ2n) is 6.34. The summed E-state index contributed by atoms with van der Waals surface area (Å²) in [6, 6.07) is 14.2. The third-order valence-corrected chi connectivity index (χ3v) is 4.35. The van der Waals surface area contributed by atoms with E-state index < -0.39 is 6.09 Å². The molecule has 3 heterocycles. The van der Waals surface area contributed by atoms with Gasteiger partial charge < -0.3 is 10.5 Å². The van der Waals surface area contributed by atoms with Gasteiger partial charge in [-0.25, -0.2) is 9.78 Å². The number of nitrogen functional groups attached to an aromatic ring is 1. The fourth-order valence-corrected chi connectivity index (χ4v) is 2.90. The van der Waals surface area contributed by atoms with Gasteiger partial charge in [-0.15, -0.1) is 10.2 Å². The van der Waals surface area contributed by atoms with Crippen LogP contribution in [-0.2, 0) is 13.1 Å². The molecule has 0 saturated carbocycles. The Morgan fingerprint density at radius 3 is 2.71 bits per heavy atom. The summed E-state index contributed by atoms with van der Waals surface area (Å²) >= 11 is 0. The molecule has 0 unspecified atom stereocenters. The predicted molar refractivity (Wildman–Crippen MR) is 104 cm³/mol. The minimum absolute atomic E-state index is 0.334. The van der Waals surface area contributed by atoms with Gasteiger partial charge in [0.1, 0.15) is 17.2 Å². The Hall–Kier alpha value is -3.81. The quantitative estimate of drug-likeness (QED) is 0.688. The van der Waals surface area contributed by atoms with Gasteiger partial charge >= 0.3 is 6.09 Å². The SMILES string of the molecule is Cc1nc(N)ccc1N=Nc1ccccc1OC(=O)N1Cc2cccnc2C1. The Morgan fingerprint density at radius 1 is 1.07 bits per heavy atom. The molecule has 1 aromatic carbocycles. The van der Waals surface area contributed by atoms with E-state index in [1.807, 2.05) is 12.1 Å². The lowest BCUT2D eigenvalue weighted by atomic mass is 10.2. The van der Waals surface area contributed by atoms with Crippen LogP contribution in [0.3, 0.4) is 0 Å². The van der Waals surface area contributed by atoms with E-state index in [9.17, 15) is 4.79 Å². The van der Waals surface area contributed by atoms with Crippen LogP contribution in [-0.4, -0.2) is 21.0 Å². The summed E-state index contributed by atoms with van der Waals surface area (Å²) in [5.74, 6) is 0.758. The Kier molecular flexibility index (Phi) is 4.67. The first-order chi connectivity index (χ1) is 13.6. The molecule has 1 amide bonds. The molecule has 140 valence electrons. The monoisotopic (exact) mass is 374 g/mol. The number of nitrogens with zero attached hydrogens (tertiary/aromatic N) is 5. The van der Waals surface area contributed by atoms with Crippen LogP contribution in [0.15, 0.2) is 65.0 Å². The van der Waals surface area contributed by atoms with E-state index >= 15 is 0 Å². The number of fused-ring (bicyclic) bond motifs is 1. The van der Waals surface area contributed by atoms with Crippen molar-refractivity contribution in [3.8, 4) is 5.75 Å². The van der Waals surface area contributed by atoms with Crippen molar-refractivity contribution in [1.82, 2.24) is 14.9 Å². The zero-order valence-electron chi connectivity index (χ0n) is 15.2. The zero-order chi connectivity index (χ0) is 19.5. The summed E-state index contributed by atoms with van der Waals surface area (Å²) in [6.07, 6.45) is 1.27. The van der Waals surface area contributed by atoms with E-state index in [-0.39, 0.29) is 0 Å². The number of hydrogen-bond donors (Lipinski definition) is 1. The van der Waals surface area contributed by atoms with Gasteiger partial charge in [-0.1, -0.05) is 18.2 Å². The predicted octanol–water partition coefficient (Wildman–Crippen LogP) is 4.30. The van der Waals surface area contributed by atoms with Crippen LogP contribution in [0.4, 0.5) is 22.0 Å². The maximum absolute atomic E-state index is 12.6. The summed E-state index contributed by atoms with van der Waals surface area (Å²) < 4.78 is 5.57. The van der Waals surface area contributed by atoms with E-state index in [0.717, 1.165) is 11.3 Å². The standard InChI is InChI=1S/C20H18N6O2/c1-13-15(8-9-19(21)23-13)24-25-16-6-2-3-7-18(16)28-20(27)26-11-14-5-4-10-22-17(14)12-26/h2-10H,11-12H2,1H3,(H2,21,23). The Morgan fingerprint density at radius 2 is 1.89 bits per heavy atom. The molecule has 1 aliphatic rings. The van der Waals surface area contributed by atoms with Crippen molar-refractivity contribution in [1.29, 1.82) is 0 Å². The first-order valence-electron chi connectivity index (χ1n) is 8.73. The Bertz CT molecular complexity index is 1040. The number of ether oxygens (including phenoxy) is 1. The lowest BCUT2D eigenvalue weighted by Crippen LogP contribution is -2.28. The Balaban J connectivity index is 1.50. The van der Waals surface area contributed by atoms with E-state index in [1.54, 1.807) is 54.4 Å². The number of amides is 1. The van der Waals surface area contributed by atoms with Gasteiger partial charge in [0, 0.05) is 6.20 Å². The molecule has 1 aliphatic heterocycles. The lowest BCUT2D eigenvalue weighted by molar-refractivity contribution is 0.152. The van der Waals surface area contributed by atoms with E-state index in [4.69, 9.17) is 10.5 Å². The molecule has 0 saturated heterocycles. The van der Waals surface area contributed by atoms with Crippen LogP contribution in [0.1, 0.15) is 17.0 Å². The molecule has 0 radical (unpaired) electrons. The van der Waals surface area contributed by atoms with E-state index in [0.29, 0.717) is 41.7 Å². The normalized spacial score (nSPS) is 13.0. The first-order valence-corrected chi connectivity index (χ1v) is 8.73. The molecular formula is C20H18N6O2. The number of benzene rings is 1. The molecule has 0 atom stereocenters. The van der Waals surface area contributed by atoms with Gasteiger partial charge in [-0.3, -0.25) is 9.88 Å². The number of carbonyl (C=O) groups is 1. The second-order valence-corrected chi connectivity index (χ2v) is 6.34. The van der Waals surface area contributed by atoms with Crippen LogP contribution >= 0.6 is 0 Å². The van der Waals surface area contributed by atoms with Gasteiger partial charge in [0.25, 0.3) is 0 Å². The molecule has 0 aliphatic carbocycles. The van der Waals surface area contributed by atoms with Crippen molar-refractivity contribution in [2.24, 2.45) is 10.2 Å². The van der Waals surface area contributed by atoms with Crippen LogP contribution in [0.25, 0.3) is 0 Å². The molecule has 0 bridgehead atoms. The van der Waals surface area contributed by atoms with Crippen LogP contribution < -0.4 is 10.5 Å². The molecule has 4 rings (SSSR count). The summed E-state index contributed by atoms with van der Waals surface area (Å²) in [5, 5.41) is 8.43. The number of nitrogens with two attached hydrogens (primary N) is 1. The second kappa shape index (κ2) is 7.43. The summed E-state index contributed by atoms with van der Waals surface area (Å²) in [6.45, 7) is 2.70. The number of azo groups is 1. The molecule has 0 spiro atoms. The summed E-state index contributed by atoms with van der Waals surface area (Å²) in [5.41, 5.74) is 9.28. The Labute approximate surface area is 161 Å². The molecule has 8 heteroatoms. The molecule has 3 aromatic rings. The van der Waals surface area contributed by atoms with Gasteiger partial charge in [0.2, 0.25) is 0 Å². The average Bonchev–Trinajstić information content (AvgIpc) is 3.13. The van der Waals surface area contributed by atoms with Crippen LogP contribution in [0.2, 0.25) is 0 Å². The van der Waals surface area contributed by atoms with Crippen LogP contribution in [0, 0.1) is 6.92 Å². The first kappa shape index (κ1) is 17.6. The van der Waals surface area contributed by atoms with Crippen molar-refractivity contribution in [2.45, 2.75) is 20.0 Å². The fourth-order valence-electron chi connectivity index (χ4n) is 2.90. The number of anilines is 1. The number of hydrogen-bond acceptors (Lipinski definition) is 7. The van der Waals surface area contributed by atoms with Gasteiger partial charge in [0.05, 0.1) is 24.5 Å². The van der Waals surface area contributed by atoms with E-state index in [2.05, 4.69) is 20.2 Å². The van der Waals surface area contributed by atoms with Gasteiger partial charge in [-0.05, 0) is 42.8 Å². The molecule has 2 aromatic heterocycles. The van der Waals surface area contributed by atoms with Gasteiger partial charge in [0.15, 0.2) is 5.75 Å². The maximum Gasteiger partial charge on any atom is 0.415 e. The molecule has 28 heavy (non-hydrogen) atoms. The van der Waals surface area contributed by atoms with Crippen molar-refractivity contribution < 1.29 is 9.53 Å². The van der Waals surface area contributed by atoms with Gasteiger partial charge in [-0.2, -0.15) is 0 Å². The highest BCUT2D eigenvalue weighted by atomic mass is 16.6. The minimum Gasteiger partial charge on any atom is -0.408 e. The van der Waals surface area contributed by atoms with Crippen molar-refractivity contribution >= 4 is 23.3 Å². The van der Waals surface area contributed by atoms with Crippen LogP contribution in [0.5, 0.6) is 5.75 Å². The highest BCUT2D eigenvalue weighted by Crippen LogP contribution is 2.31.